The van der Waals surface area contributed by atoms with Gasteiger partial charge in [-0.1, -0.05) is 56.3 Å². The summed E-state index contributed by atoms with van der Waals surface area (Å²) in [5.74, 6) is 0.918. The molecule has 0 spiro atoms. The van der Waals surface area contributed by atoms with Crippen LogP contribution < -0.4 is 5.32 Å². The van der Waals surface area contributed by atoms with Crippen LogP contribution in [0.1, 0.15) is 43.8 Å². The summed E-state index contributed by atoms with van der Waals surface area (Å²) >= 11 is 0. The van der Waals surface area contributed by atoms with E-state index in [1.54, 1.807) is 0 Å². The van der Waals surface area contributed by atoms with E-state index in [2.05, 4.69) is 48.3 Å². The summed E-state index contributed by atoms with van der Waals surface area (Å²) in [6.07, 6.45) is 0. The highest BCUT2D eigenvalue weighted by Gasteiger charge is 2.29. The number of hydrogen-bond acceptors (Lipinski definition) is 4. The third kappa shape index (κ3) is 3.62. The lowest BCUT2D eigenvalue weighted by molar-refractivity contribution is -0.125. The molecule has 0 bridgehead atoms. The maximum atomic E-state index is 11.8. The van der Waals surface area contributed by atoms with Crippen molar-refractivity contribution in [2.45, 2.75) is 38.8 Å². The molecule has 1 atom stereocenters. The Hall–Kier alpha value is -2.14. The van der Waals surface area contributed by atoms with Crippen LogP contribution in [0.25, 0.3) is 0 Å². The van der Waals surface area contributed by atoms with Crippen LogP contribution in [0.3, 0.4) is 0 Å². The number of piperazine rings is 1. The topological polar surface area (TPSA) is 58.4 Å². The zero-order valence-corrected chi connectivity index (χ0v) is 13.9. The van der Waals surface area contributed by atoms with Gasteiger partial charge in [0.2, 0.25) is 5.91 Å². The molecular weight excluding hydrogens is 290 g/mol. The molecule has 1 aliphatic heterocycles. The predicted octanol–water partition coefficient (Wildman–Crippen LogP) is 2.65. The first-order valence-corrected chi connectivity index (χ1v) is 7.95. The first-order chi connectivity index (χ1) is 10.9. The molecule has 1 aromatic heterocycles. The number of hydrogen-bond donors (Lipinski definition) is 1. The second kappa shape index (κ2) is 6.16. The number of amides is 1. The van der Waals surface area contributed by atoms with Crippen LogP contribution in [-0.4, -0.2) is 29.1 Å². The highest BCUT2D eigenvalue weighted by atomic mass is 16.5. The van der Waals surface area contributed by atoms with E-state index in [1.807, 2.05) is 24.3 Å². The number of nitrogens with one attached hydrogen (secondary N) is 1. The lowest BCUT2D eigenvalue weighted by atomic mass is 9.93. The molecule has 2 heterocycles. The van der Waals surface area contributed by atoms with E-state index in [0.717, 1.165) is 11.5 Å². The van der Waals surface area contributed by atoms with Gasteiger partial charge in [-0.05, 0) is 5.56 Å². The first-order valence-electron chi connectivity index (χ1n) is 7.95. The van der Waals surface area contributed by atoms with E-state index >= 15 is 0 Å². The zero-order chi connectivity index (χ0) is 16.4. The number of benzene rings is 1. The largest absolute Gasteiger partial charge is 0.361 e. The number of rotatable bonds is 3. The normalized spacial score (nSPS) is 19.6. The van der Waals surface area contributed by atoms with Crippen LogP contribution in [0, 0.1) is 0 Å². The lowest BCUT2D eigenvalue weighted by Crippen LogP contribution is -2.49. The maximum Gasteiger partial charge on any atom is 0.234 e. The third-order valence-electron chi connectivity index (χ3n) is 4.13. The van der Waals surface area contributed by atoms with Gasteiger partial charge in [0, 0.05) is 24.6 Å². The highest BCUT2D eigenvalue weighted by molar-refractivity contribution is 5.79. The average Bonchev–Trinajstić information content (AvgIpc) is 2.97. The van der Waals surface area contributed by atoms with E-state index < -0.39 is 0 Å². The van der Waals surface area contributed by atoms with E-state index in [-0.39, 0.29) is 17.4 Å². The summed E-state index contributed by atoms with van der Waals surface area (Å²) in [6.45, 7) is 7.88. The number of nitrogens with zero attached hydrogens (tertiary/aromatic N) is 2. The standard InChI is InChI=1S/C18H23N3O2/c1-18(2,3)16-9-14(20-23-16)11-21-12-17(22)19-10-15(21)13-7-5-4-6-8-13/h4-9,15H,10-12H2,1-3H3,(H,19,22). The monoisotopic (exact) mass is 313 g/mol. The van der Waals surface area contributed by atoms with Crippen LogP contribution in [0.5, 0.6) is 0 Å². The summed E-state index contributed by atoms with van der Waals surface area (Å²) in [7, 11) is 0. The molecule has 1 unspecified atom stereocenters. The Morgan fingerprint density at radius 2 is 2.04 bits per heavy atom. The Kier molecular flexibility index (Phi) is 4.22. The van der Waals surface area contributed by atoms with Crippen LogP contribution in [0.15, 0.2) is 40.9 Å². The van der Waals surface area contributed by atoms with E-state index in [1.165, 1.54) is 5.56 Å². The second-order valence-electron chi connectivity index (χ2n) is 7.07. The Bertz CT molecular complexity index is 673. The van der Waals surface area contributed by atoms with Gasteiger partial charge in [-0.15, -0.1) is 0 Å². The second-order valence-corrected chi connectivity index (χ2v) is 7.07. The molecule has 1 N–H and O–H groups in total. The third-order valence-corrected chi connectivity index (χ3v) is 4.13. The van der Waals surface area contributed by atoms with Crippen molar-refractivity contribution in [2.24, 2.45) is 0 Å². The minimum atomic E-state index is -0.0661. The average molecular weight is 313 g/mol. The minimum Gasteiger partial charge on any atom is -0.361 e. The van der Waals surface area contributed by atoms with Crippen molar-refractivity contribution in [1.82, 2.24) is 15.4 Å². The Morgan fingerprint density at radius 3 is 2.70 bits per heavy atom. The van der Waals surface area contributed by atoms with Crippen molar-refractivity contribution in [2.75, 3.05) is 13.1 Å². The SMILES string of the molecule is CC(C)(C)c1cc(CN2CC(=O)NCC2c2ccccc2)no1. The number of carbonyl (C=O) groups is 1. The molecule has 2 aromatic rings. The molecular formula is C18H23N3O2. The molecule has 122 valence electrons. The van der Waals surface area contributed by atoms with Crippen molar-refractivity contribution >= 4 is 5.91 Å². The summed E-state index contributed by atoms with van der Waals surface area (Å²) < 4.78 is 5.46. The van der Waals surface area contributed by atoms with E-state index in [0.29, 0.717) is 19.6 Å². The first kappa shape index (κ1) is 15.7. The van der Waals surface area contributed by atoms with Gasteiger partial charge in [0.05, 0.1) is 18.3 Å². The molecule has 3 rings (SSSR count). The molecule has 23 heavy (non-hydrogen) atoms. The van der Waals surface area contributed by atoms with Gasteiger partial charge in [-0.25, -0.2) is 0 Å². The van der Waals surface area contributed by atoms with Gasteiger partial charge < -0.3 is 9.84 Å². The molecule has 0 aliphatic carbocycles. The Balaban J connectivity index is 1.80. The van der Waals surface area contributed by atoms with Crippen LogP contribution in [-0.2, 0) is 16.8 Å². The Morgan fingerprint density at radius 1 is 1.30 bits per heavy atom. The van der Waals surface area contributed by atoms with Crippen molar-refractivity contribution in [3.05, 3.63) is 53.4 Å². The molecule has 1 fully saturated rings. The van der Waals surface area contributed by atoms with Gasteiger partial charge >= 0.3 is 0 Å². The van der Waals surface area contributed by atoms with E-state index in [9.17, 15) is 4.79 Å². The van der Waals surface area contributed by atoms with Gasteiger partial charge in [0.25, 0.3) is 0 Å². The van der Waals surface area contributed by atoms with Crippen LogP contribution in [0.4, 0.5) is 0 Å². The van der Waals surface area contributed by atoms with Crippen molar-refractivity contribution < 1.29 is 9.32 Å². The minimum absolute atomic E-state index is 0.0525. The molecule has 0 radical (unpaired) electrons. The van der Waals surface area contributed by atoms with Gasteiger partial charge in [0.1, 0.15) is 5.76 Å². The number of aromatic nitrogens is 1. The quantitative estimate of drug-likeness (QED) is 0.946. The van der Waals surface area contributed by atoms with Gasteiger partial charge in [-0.3, -0.25) is 9.69 Å². The molecule has 5 nitrogen and oxygen atoms in total. The lowest BCUT2D eigenvalue weighted by Gasteiger charge is -2.35. The summed E-state index contributed by atoms with van der Waals surface area (Å²) in [5, 5.41) is 7.13. The molecule has 5 heteroatoms. The zero-order valence-electron chi connectivity index (χ0n) is 13.9. The van der Waals surface area contributed by atoms with Gasteiger partial charge in [0.15, 0.2) is 0 Å². The summed E-state index contributed by atoms with van der Waals surface area (Å²) in [4.78, 5) is 14.0. The van der Waals surface area contributed by atoms with Gasteiger partial charge in [-0.2, -0.15) is 0 Å². The Labute approximate surface area is 136 Å². The molecule has 0 saturated carbocycles. The molecule has 1 saturated heterocycles. The fourth-order valence-electron chi connectivity index (χ4n) is 2.81. The van der Waals surface area contributed by atoms with Crippen molar-refractivity contribution in [3.8, 4) is 0 Å². The van der Waals surface area contributed by atoms with Crippen molar-refractivity contribution in [3.63, 3.8) is 0 Å². The summed E-state index contributed by atoms with van der Waals surface area (Å²) in [5.41, 5.74) is 2.00. The fourth-order valence-corrected chi connectivity index (χ4v) is 2.81. The fraction of sp³-hybridized carbons (Fsp3) is 0.444. The molecule has 1 aromatic carbocycles. The predicted molar refractivity (Wildman–Crippen MR) is 87.8 cm³/mol. The maximum absolute atomic E-state index is 11.8. The smallest absolute Gasteiger partial charge is 0.234 e. The van der Waals surface area contributed by atoms with Crippen LogP contribution >= 0.6 is 0 Å². The van der Waals surface area contributed by atoms with Crippen molar-refractivity contribution in [1.29, 1.82) is 0 Å². The highest BCUT2D eigenvalue weighted by Crippen LogP contribution is 2.26. The van der Waals surface area contributed by atoms with E-state index in [4.69, 9.17) is 4.52 Å². The number of carbonyl (C=O) groups excluding carboxylic acids is 1. The molecule has 1 amide bonds. The summed E-state index contributed by atoms with van der Waals surface area (Å²) in [6, 6.07) is 12.4. The van der Waals surface area contributed by atoms with Crippen LogP contribution in [0.2, 0.25) is 0 Å². The molecule has 1 aliphatic rings.